The van der Waals surface area contributed by atoms with E-state index in [1.165, 1.54) is 0 Å². The third-order valence-corrected chi connectivity index (χ3v) is 12.3. The van der Waals surface area contributed by atoms with Crippen molar-refractivity contribution >= 4 is 47.0 Å². The van der Waals surface area contributed by atoms with E-state index >= 15 is 0 Å². The van der Waals surface area contributed by atoms with Crippen molar-refractivity contribution in [2.24, 2.45) is 17.8 Å². The van der Waals surface area contributed by atoms with Crippen LogP contribution in [-0.4, -0.2) is 108 Å². The number of amides is 3. The summed E-state index contributed by atoms with van der Waals surface area (Å²) in [6, 6.07) is 4.22. The largest absolute Gasteiger partial charge is 0.495 e. The summed E-state index contributed by atoms with van der Waals surface area (Å²) >= 11 is 0. The van der Waals surface area contributed by atoms with Gasteiger partial charge in [0.2, 0.25) is 11.9 Å². The van der Waals surface area contributed by atoms with E-state index in [1.54, 1.807) is 43.5 Å². The predicted octanol–water partition coefficient (Wildman–Crippen LogP) is 5.57. The monoisotopic (exact) mass is 776 g/mol. The van der Waals surface area contributed by atoms with Gasteiger partial charge in [0.25, 0.3) is 5.91 Å². The van der Waals surface area contributed by atoms with Crippen LogP contribution in [0.1, 0.15) is 102 Å². The Morgan fingerprint density at radius 3 is 2.36 bits per heavy atom. The van der Waals surface area contributed by atoms with Gasteiger partial charge in [-0.05, 0) is 68.1 Å². The maximum absolute atomic E-state index is 13.4. The summed E-state index contributed by atoms with van der Waals surface area (Å²) in [7, 11) is 3.33. The van der Waals surface area contributed by atoms with E-state index in [-0.39, 0.29) is 54.3 Å². The minimum atomic E-state index is -1.02. The number of carboxylic acid groups (broad SMARTS) is 1. The van der Waals surface area contributed by atoms with Gasteiger partial charge in [0.15, 0.2) is 5.82 Å². The summed E-state index contributed by atoms with van der Waals surface area (Å²) in [6.07, 6.45) is 11.7. The number of likely N-dealkylation sites (N-methyl/N-ethyl adjacent to an activating group) is 1. The average Bonchev–Trinajstić information content (AvgIpc) is 3.92. The summed E-state index contributed by atoms with van der Waals surface area (Å²) in [6.45, 7) is 8.19. The summed E-state index contributed by atoms with van der Waals surface area (Å²) in [4.78, 5) is 67.0. The molecule has 1 aromatic carbocycles. The molecule has 3 heterocycles. The molecule has 15 nitrogen and oxygen atoms in total. The molecule has 3 fully saturated rings. The number of rotatable bonds is 15. The van der Waals surface area contributed by atoms with Crippen LogP contribution in [0.3, 0.4) is 0 Å². The fourth-order valence-electron chi connectivity index (χ4n) is 9.37. The number of nitrogens with zero attached hydrogens (tertiary/aromatic N) is 5. The second-order valence-corrected chi connectivity index (χ2v) is 16.2. The Labute approximate surface area is 330 Å². The summed E-state index contributed by atoms with van der Waals surface area (Å²) < 4.78 is 11.1. The van der Waals surface area contributed by atoms with Gasteiger partial charge >= 0.3 is 12.1 Å². The van der Waals surface area contributed by atoms with Crippen LogP contribution in [0.5, 0.6) is 5.75 Å². The third-order valence-electron chi connectivity index (χ3n) is 12.3. The SMILES string of the molecule is CC[C@@H]1C(=O)N(C)c2cnc(Nc3ccc(C(=O)NC4CCN(CCOC(=O)N[C@H](C(=O)O)C(C(C)C)C5CCCC5)CC4)cc3OC)nc2N1C1CCCC1. The first kappa shape index (κ1) is 41.0. The number of hydrogen-bond acceptors (Lipinski definition) is 11. The zero-order valence-corrected chi connectivity index (χ0v) is 33.6. The molecule has 2 aliphatic carbocycles. The van der Waals surface area contributed by atoms with Gasteiger partial charge in [-0.25, -0.2) is 14.6 Å². The minimum Gasteiger partial charge on any atom is -0.495 e. The summed E-state index contributed by atoms with van der Waals surface area (Å²) in [5, 5.41) is 19.0. The zero-order chi connectivity index (χ0) is 39.9. The maximum atomic E-state index is 13.4. The molecule has 4 N–H and O–H groups in total. The van der Waals surface area contributed by atoms with E-state index in [0.717, 1.165) is 83.1 Å². The lowest BCUT2D eigenvalue weighted by atomic mass is 9.77. The van der Waals surface area contributed by atoms with Crippen LogP contribution in [0.2, 0.25) is 0 Å². The van der Waals surface area contributed by atoms with Gasteiger partial charge in [-0.2, -0.15) is 4.98 Å². The number of carboxylic acids is 1. The Bertz CT molecular complexity index is 1700. The molecule has 1 saturated heterocycles. The number of hydrogen-bond donors (Lipinski definition) is 4. The number of benzene rings is 1. The first-order valence-corrected chi connectivity index (χ1v) is 20.6. The van der Waals surface area contributed by atoms with Crippen LogP contribution in [0, 0.1) is 17.8 Å². The Hall–Kier alpha value is -4.66. The smallest absolute Gasteiger partial charge is 0.407 e. The molecule has 3 atom stereocenters. The summed E-state index contributed by atoms with van der Waals surface area (Å²) in [5.74, 6) is 0.712. The van der Waals surface area contributed by atoms with E-state index in [1.807, 2.05) is 20.8 Å². The second kappa shape index (κ2) is 18.5. The molecule has 2 aliphatic heterocycles. The van der Waals surface area contributed by atoms with Crippen molar-refractivity contribution in [3.05, 3.63) is 30.0 Å². The van der Waals surface area contributed by atoms with E-state index in [2.05, 4.69) is 30.7 Å². The van der Waals surface area contributed by atoms with E-state index in [0.29, 0.717) is 41.6 Å². The van der Waals surface area contributed by atoms with Crippen LogP contribution >= 0.6 is 0 Å². The number of carbonyl (C=O) groups excluding carboxylic acids is 3. The predicted molar refractivity (Wildman–Crippen MR) is 214 cm³/mol. The lowest BCUT2D eigenvalue weighted by molar-refractivity contribution is -0.142. The standard InChI is InChI=1S/C41H60N8O7/c1-6-31-38(51)47(4)32-24-42-40(46-36(32)49(31)29-13-9-10-14-29)44-30-16-15-27(23-33(30)55-5)37(50)43-28-17-19-48(20-18-28)21-22-56-41(54)45-35(39(52)53)34(25(2)3)26-11-7-8-12-26/h15-16,23-26,28-29,31,34-35H,6-14,17-22H2,1-5H3,(H,43,50)(H,45,54)(H,52,53)(H,42,44,46)/t31-,34?,35+/m1/s1. The Kier molecular flexibility index (Phi) is 13.6. The number of anilines is 4. The van der Waals surface area contributed by atoms with E-state index < -0.39 is 18.1 Å². The normalized spacial score (nSPS) is 20.8. The van der Waals surface area contributed by atoms with E-state index in [9.17, 15) is 24.3 Å². The lowest BCUT2D eigenvalue weighted by Crippen LogP contribution is -2.55. The quantitative estimate of drug-likeness (QED) is 0.177. The van der Waals surface area contributed by atoms with Gasteiger partial charge in [0, 0.05) is 44.3 Å². The number of ether oxygens (including phenoxy) is 2. The fourth-order valence-corrected chi connectivity index (χ4v) is 9.37. The molecule has 3 amide bonds. The van der Waals surface area contributed by atoms with Gasteiger partial charge in [0.05, 0.1) is 19.0 Å². The molecule has 0 radical (unpaired) electrons. The van der Waals surface area contributed by atoms with Gasteiger partial charge < -0.3 is 40.3 Å². The van der Waals surface area contributed by atoms with Crippen LogP contribution in [0.4, 0.5) is 27.9 Å². The van der Waals surface area contributed by atoms with Crippen molar-refractivity contribution in [2.75, 3.05) is 55.5 Å². The highest BCUT2D eigenvalue weighted by Crippen LogP contribution is 2.41. The third kappa shape index (κ3) is 9.30. The highest BCUT2D eigenvalue weighted by molar-refractivity contribution is 6.04. The van der Waals surface area contributed by atoms with Crippen molar-refractivity contribution in [1.29, 1.82) is 0 Å². The van der Waals surface area contributed by atoms with Crippen LogP contribution in [0.25, 0.3) is 0 Å². The maximum Gasteiger partial charge on any atom is 0.407 e. The number of likely N-dealkylation sites (tertiary alicyclic amines) is 1. The number of methoxy groups -OCH3 is 1. The molecule has 15 heteroatoms. The van der Waals surface area contributed by atoms with Gasteiger partial charge in [0.1, 0.15) is 30.1 Å². The Morgan fingerprint density at radius 2 is 1.71 bits per heavy atom. The zero-order valence-electron chi connectivity index (χ0n) is 33.6. The molecular formula is C41H60N8O7. The second-order valence-electron chi connectivity index (χ2n) is 16.2. The molecule has 0 bridgehead atoms. The number of carbonyl (C=O) groups is 4. The van der Waals surface area contributed by atoms with Gasteiger partial charge in [-0.15, -0.1) is 0 Å². The highest BCUT2D eigenvalue weighted by Gasteiger charge is 2.42. The molecule has 6 rings (SSSR count). The number of fused-ring (bicyclic) bond motifs is 1. The number of aromatic nitrogens is 2. The summed E-state index contributed by atoms with van der Waals surface area (Å²) in [5.41, 5.74) is 1.77. The van der Waals surface area contributed by atoms with Crippen LogP contribution in [0.15, 0.2) is 24.4 Å². The van der Waals surface area contributed by atoms with Crippen LogP contribution < -0.4 is 30.5 Å². The molecule has 0 spiro atoms. The highest BCUT2D eigenvalue weighted by atomic mass is 16.5. The minimum absolute atomic E-state index is 0.0182. The van der Waals surface area contributed by atoms with Gasteiger partial charge in [-0.1, -0.05) is 59.3 Å². The Morgan fingerprint density at radius 1 is 1.02 bits per heavy atom. The average molecular weight is 777 g/mol. The van der Waals surface area contributed by atoms with Crippen LogP contribution in [-0.2, 0) is 14.3 Å². The van der Waals surface area contributed by atoms with Crippen molar-refractivity contribution in [3.8, 4) is 5.75 Å². The Balaban J connectivity index is 0.990. The molecular weight excluding hydrogens is 716 g/mol. The van der Waals surface area contributed by atoms with E-state index in [4.69, 9.17) is 14.5 Å². The van der Waals surface area contributed by atoms with Gasteiger partial charge in [-0.3, -0.25) is 14.5 Å². The molecule has 306 valence electrons. The molecule has 2 aromatic rings. The molecule has 1 unspecified atom stereocenters. The fraction of sp³-hybridized carbons (Fsp3) is 0.659. The van der Waals surface area contributed by atoms with Crippen molar-refractivity contribution in [3.63, 3.8) is 0 Å². The van der Waals surface area contributed by atoms with Crippen molar-refractivity contribution < 1.29 is 33.8 Å². The first-order chi connectivity index (χ1) is 27.0. The van der Waals surface area contributed by atoms with Crippen molar-refractivity contribution in [2.45, 2.75) is 116 Å². The molecule has 1 aromatic heterocycles. The number of piperidine rings is 1. The molecule has 2 saturated carbocycles. The topological polar surface area (TPSA) is 179 Å². The first-order valence-electron chi connectivity index (χ1n) is 20.6. The molecule has 4 aliphatic rings. The lowest BCUT2D eigenvalue weighted by Gasteiger charge is -2.43. The number of aliphatic carboxylic acids is 1. The number of alkyl carbamates (subject to hydrolysis) is 1. The van der Waals surface area contributed by atoms with Crippen molar-refractivity contribution in [1.82, 2.24) is 25.5 Å². The molecule has 56 heavy (non-hydrogen) atoms. The number of nitrogens with one attached hydrogen (secondary N) is 3.